The first-order chi connectivity index (χ1) is 10.1. The van der Waals surface area contributed by atoms with Gasteiger partial charge in [-0.2, -0.15) is 0 Å². The second-order valence-corrected chi connectivity index (χ2v) is 5.62. The molecule has 0 N–H and O–H groups in total. The minimum absolute atomic E-state index is 0.0115. The zero-order valence-corrected chi connectivity index (χ0v) is 12.1. The molecule has 2 aliphatic rings. The summed E-state index contributed by atoms with van der Waals surface area (Å²) >= 11 is 0. The van der Waals surface area contributed by atoms with Crippen molar-refractivity contribution in [2.75, 3.05) is 0 Å². The Morgan fingerprint density at radius 1 is 0.952 bits per heavy atom. The summed E-state index contributed by atoms with van der Waals surface area (Å²) in [6.07, 6.45) is 4.11. The number of carbonyl (C=O) groups excluding carboxylic acids is 2. The van der Waals surface area contributed by atoms with Crippen LogP contribution in [0, 0.1) is 0 Å². The number of ether oxygens (including phenoxy) is 2. The van der Waals surface area contributed by atoms with Crippen LogP contribution in [0.25, 0.3) is 5.57 Å². The molecule has 3 rings (SSSR count). The van der Waals surface area contributed by atoms with E-state index >= 15 is 0 Å². The number of allylic oxidation sites excluding steroid dienone is 1. The highest BCUT2D eigenvalue weighted by Crippen LogP contribution is 2.38. The van der Waals surface area contributed by atoms with Gasteiger partial charge in [-0.15, -0.1) is 0 Å². The van der Waals surface area contributed by atoms with Gasteiger partial charge in [-0.05, 0) is 30.9 Å². The fourth-order valence-corrected chi connectivity index (χ4v) is 2.98. The van der Waals surface area contributed by atoms with Gasteiger partial charge in [0.2, 0.25) is 0 Å². The van der Waals surface area contributed by atoms with Gasteiger partial charge >= 0.3 is 11.9 Å². The van der Waals surface area contributed by atoms with Crippen molar-refractivity contribution in [2.45, 2.75) is 44.8 Å². The molecular formula is C17H18O4. The SMILES string of the molecule is CC(=C1C(=O)OC2(CCCCC2)OC1=O)c1ccccc1. The van der Waals surface area contributed by atoms with E-state index < -0.39 is 17.7 Å². The molecule has 1 saturated heterocycles. The largest absolute Gasteiger partial charge is 0.419 e. The Balaban J connectivity index is 1.92. The second-order valence-electron chi connectivity index (χ2n) is 5.62. The molecule has 0 aromatic heterocycles. The van der Waals surface area contributed by atoms with Crippen LogP contribution in [0.5, 0.6) is 0 Å². The van der Waals surface area contributed by atoms with Crippen molar-refractivity contribution < 1.29 is 19.1 Å². The maximum Gasteiger partial charge on any atom is 0.349 e. The first-order valence-electron chi connectivity index (χ1n) is 7.34. The third-order valence-corrected chi connectivity index (χ3v) is 4.16. The van der Waals surface area contributed by atoms with Gasteiger partial charge in [-0.25, -0.2) is 9.59 Å². The lowest BCUT2D eigenvalue weighted by molar-refractivity contribution is -0.244. The lowest BCUT2D eigenvalue weighted by Gasteiger charge is -2.39. The summed E-state index contributed by atoms with van der Waals surface area (Å²) in [5.41, 5.74) is 1.43. The lowest BCUT2D eigenvalue weighted by atomic mass is 9.92. The van der Waals surface area contributed by atoms with Crippen molar-refractivity contribution >= 4 is 17.5 Å². The fraction of sp³-hybridized carbons (Fsp3) is 0.412. The summed E-state index contributed by atoms with van der Waals surface area (Å²) < 4.78 is 11.0. The first kappa shape index (κ1) is 13.9. The van der Waals surface area contributed by atoms with Crippen LogP contribution in [-0.2, 0) is 19.1 Å². The Morgan fingerprint density at radius 2 is 1.52 bits per heavy atom. The Kier molecular flexibility index (Phi) is 3.53. The molecule has 2 fully saturated rings. The summed E-state index contributed by atoms with van der Waals surface area (Å²) in [6, 6.07) is 9.32. The van der Waals surface area contributed by atoms with Crippen molar-refractivity contribution in [1.82, 2.24) is 0 Å². The highest BCUT2D eigenvalue weighted by molar-refractivity contribution is 6.20. The molecule has 1 aliphatic carbocycles. The second kappa shape index (κ2) is 5.35. The van der Waals surface area contributed by atoms with E-state index in [1.165, 1.54) is 0 Å². The minimum Gasteiger partial charge on any atom is -0.419 e. The van der Waals surface area contributed by atoms with E-state index in [1.54, 1.807) is 6.92 Å². The molecule has 1 aromatic rings. The fourth-order valence-electron chi connectivity index (χ4n) is 2.98. The molecule has 4 heteroatoms. The Hall–Kier alpha value is -2.10. The Morgan fingerprint density at radius 3 is 2.10 bits per heavy atom. The number of esters is 2. The number of benzene rings is 1. The van der Waals surface area contributed by atoms with Gasteiger partial charge in [0.25, 0.3) is 5.79 Å². The van der Waals surface area contributed by atoms with Crippen LogP contribution >= 0.6 is 0 Å². The Labute approximate surface area is 123 Å². The van der Waals surface area contributed by atoms with Crippen molar-refractivity contribution in [1.29, 1.82) is 0 Å². The standard InChI is InChI=1S/C17H18O4/c1-12(13-8-4-2-5-9-13)14-15(18)20-17(21-16(14)19)10-6-3-7-11-17/h2,4-5,8-9H,3,6-7,10-11H2,1H3. The summed E-state index contributed by atoms with van der Waals surface area (Å²) in [6.45, 7) is 1.74. The third kappa shape index (κ3) is 2.58. The average molecular weight is 286 g/mol. The summed E-state index contributed by atoms with van der Waals surface area (Å²) in [4.78, 5) is 24.6. The van der Waals surface area contributed by atoms with E-state index in [4.69, 9.17) is 9.47 Å². The monoisotopic (exact) mass is 286 g/mol. The molecule has 0 amide bonds. The molecule has 1 spiro atoms. The van der Waals surface area contributed by atoms with Crippen LogP contribution < -0.4 is 0 Å². The van der Waals surface area contributed by atoms with Crippen LogP contribution in [0.1, 0.15) is 44.6 Å². The lowest BCUT2D eigenvalue weighted by Crippen LogP contribution is -2.47. The normalized spacial score (nSPS) is 20.9. The molecule has 0 radical (unpaired) electrons. The van der Waals surface area contributed by atoms with Crippen molar-refractivity contribution in [3.05, 3.63) is 41.5 Å². The molecule has 0 unspecified atom stereocenters. The van der Waals surface area contributed by atoms with E-state index in [1.807, 2.05) is 30.3 Å². The maximum atomic E-state index is 12.3. The Bertz CT molecular complexity index is 572. The van der Waals surface area contributed by atoms with E-state index in [0.717, 1.165) is 24.8 Å². The van der Waals surface area contributed by atoms with Crippen LogP contribution in [0.2, 0.25) is 0 Å². The maximum absolute atomic E-state index is 12.3. The van der Waals surface area contributed by atoms with Crippen molar-refractivity contribution in [3.63, 3.8) is 0 Å². The van der Waals surface area contributed by atoms with Gasteiger partial charge < -0.3 is 9.47 Å². The van der Waals surface area contributed by atoms with Crippen molar-refractivity contribution in [2.24, 2.45) is 0 Å². The summed E-state index contributed by atoms with van der Waals surface area (Å²) in [5.74, 6) is -2.14. The van der Waals surface area contributed by atoms with Crippen LogP contribution in [0.3, 0.4) is 0 Å². The van der Waals surface area contributed by atoms with Gasteiger partial charge in [-0.1, -0.05) is 36.8 Å². The van der Waals surface area contributed by atoms with E-state index in [0.29, 0.717) is 18.4 Å². The average Bonchev–Trinajstić information content (AvgIpc) is 2.48. The zero-order chi connectivity index (χ0) is 14.9. The smallest absolute Gasteiger partial charge is 0.349 e. The zero-order valence-electron chi connectivity index (χ0n) is 12.1. The molecule has 1 heterocycles. The molecule has 1 aliphatic heterocycles. The molecule has 110 valence electrons. The third-order valence-electron chi connectivity index (χ3n) is 4.16. The van der Waals surface area contributed by atoms with Crippen LogP contribution in [0.4, 0.5) is 0 Å². The van der Waals surface area contributed by atoms with Crippen LogP contribution in [-0.4, -0.2) is 17.7 Å². The number of carbonyl (C=O) groups is 2. The van der Waals surface area contributed by atoms with E-state index in [2.05, 4.69) is 0 Å². The minimum atomic E-state index is -1.02. The summed E-state index contributed by atoms with van der Waals surface area (Å²) in [5, 5.41) is 0. The molecular weight excluding hydrogens is 268 g/mol. The van der Waals surface area contributed by atoms with Gasteiger partial charge in [-0.3, -0.25) is 0 Å². The van der Waals surface area contributed by atoms with Gasteiger partial charge in [0.05, 0.1) is 0 Å². The molecule has 1 aromatic carbocycles. The topological polar surface area (TPSA) is 52.6 Å². The summed E-state index contributed by atoms with van der Waals surface area (Å²) in [7, 11) is 0. The molecule has 0 atom stereocenters. The highest BCUT2D eigenvalue weighted by Gasteiger charge is 2.47. The molecule has 4 nitrogen and oxygen atoms in total. The quantitative estimate of drug-likeness (QED) is 0.452. The molecule has 0 bridgehead atoms. The van der Waals surface area contributed by atoms with E-state index in [9.17, 15) is 9.59 Å². The predicted molar refractivity (Wildman–Crippen MR) is 77.0 cm³/mol. The molecule has 1 saturated carbocycles. The van der Waals surface area contributed by atoms with Gasteiger partial charge in [0.1, 0.15) is 5.57 Å². The van der Waals surface area contributed by atoms with Crippen LogP contribution in [0.15, 0.2) is 35.9 Å². The van der Waals surface area contributed by atoms with E-state index in [-0.39, 0.29) is 5.57 Å². The highest BCUT2D eigenvalue weighted by atomic mass is 16.7. The number of hydrogen-bond acceptors (Lipinski definition) is 4. The number of hydrogen-bond donors (Lipinski definition) is 0. The van der Waals surface area contributed by atoms with Gasteiger partial charge in [0.15, 0.2) is 0 Å². The van der Waals surface area contributed by atoms with Crippen molar-refractivity contribution in [3.8, 4) is 0 Å². The number of rotatable bonds is 1. The van der Waals surface area contributed by atoms with Gasteiger partial charge in [0, 0.05) is 12.8 Å². The predicted octanol–water partition coefficient (Wildman–Crippen LogP) is 3.22. The first-order valence-corrected chi connectivity index (χ1v) is 7.34. The molecule has 21 heavy (non-hydrogen) atoms.